The summed E-state index contributed by atoms with van der Waals surface area (Å²) >= 11 is 0. The molecule has 0 amide bonds. The predicted octanol–water partition coefficient (Wildman–Crippen LogP) is 1.49. The van der Waals surface area contributed by atoms with Gasteiger partial charge in [-0.2, -0.15) is 0 Å². The first-order valence-electron chi connectivity index (χ1n) is 6.50. The van der Waals surface area contributed by atoms with E-state index in [9.17, 15) is 4.79 Å². The molecule has 0 fully saturated rings. The molecule has 2 aromatic heterocycles. The first-order valence-corrected chi connectivity index (χ1v) is 6.50. The van der Waals surface area contributed by atoms with E-state index in [-0.39, 0.29) is 6.42 Å². The highest BCUT2D eigenvalue weighted by Crippen LogP contribution is 2.19. The Balaban J connectivity index is 2.28. The molecule has 2 N–H and O–H groups in total. The van der Waals surface area contributed by atoms with Gasteiger partial charge in [-0.1, -0.05) is 6.07 Å². The minimum Gasteiger partial charge on any atom is -0.481 e. The van der Waals surface area contributed by atoms with Crippen molar-refractivity contribution in [2.75, 3.05) is 30.9 Å². The number of hydrogen-bond acceptors (Lipinski definition) is 6. The summed E-state index contributed by atoms with van der Waals surface area (Å²) in [5.41, 5.74) is 0.669. The van der Waals surface area contributed by atoms with E-state index < -0.39 is 5.97 Å². The first-order chi connectivity index (χ1) is 10.1. The molecule has 0 atom stereocenters. The number of anilines is 2. The second-order valence-electron chi connectivity index (χ2n) is 4.61. The van der Waals surface area contributed by atoms with Crippen LogP contribution in [0, 0.1) is 0 Å². The number of aromatic nitrogens is 3. The van der Waals surface area contributed by atoms with Gasteiger partial charge in [-0.05, 0) is 12.1 Å². The van der Waals surface area contributed by atoms with Crippen molar-refractivity contribution in [3.8, 4) is 11.5 Å². The highest BCUT2D eigenvalue weighted by atomic mass is 16.4. The summed E-state index contributed by atoms with van der Waals surface area (Å²) in [6.45, 7) is 0.306. The summed E-state index contributed by atoms with van der Waals surface area (Å²) in [6.07, 6.45) is 1.71. The number of nitrogens with zero attached hydrogens (tertiary/aromatic N) is 4. The fraction of sp³-hybridized carbons (Fsp3) is 0.286. The van der Waals surface area contributed by atoms with Crippen LogP contribution in [-0.4, -0.2) is 46.7 Å². The van der Waals surface area contributed by atoms with Crippen molar-refractivity contribution in [2.24, 2.45) is 0 Å². The van der Waals surface area contributed by atoms with E-state index in [1.165, 1.54) is 0 Å². The molecule has 0 aromatic carbocycles. The summed E-state index contributed by atoms with van der Waals surface area (Å²) in [7, 11) is 3.76. The summed E-state index contributed by atoms with van der Waals surface area (Å²) in [6, 6.07) is 7.29. The number of carboxylic acid groups (broad SMARTS) is 1. The molecule has 0 radical (unpaired) electrons. The van der Waals surface area contributed by atoms with Crippen molar-refractivity contribution in [1.82, 2.24) is 15.0 Å². The number of hydrogen-bond donors (Lipinski definition) is 2. The molecule has 2 rings (SSSR count). The van der Waals surface area contributed by atoms with Crippen LogP contribution in [-0.2, 0) is 4.79 Å². The maximum Gasteiger partial charge on any atom is 0.305 e. The van der Waals surface area contributed by atoms with Crippen LogP contribution in [0.15, 0.2) is 30.5 Å². The summed E-state index contributed by atoms with van der Waals surface area (Å²) in [4.78, 5) is 25.5. The predicted molar refractivity (Wildman–Crippen MR) is 80.3 cm³/mol. The van der Waals surface area contributed by atoms with Crippen molar-refractivity contribution in [1.29, 1.82) is 0 Å². The van der Waals surface area contributed by atoms with Crippen molar-refractivity contribution >= 4 is 17.6 Å². The number of aliphatic carboxylic acids is 1. The van der Waals surface area contributed by atoms with Crippen LogP contribution in [0.2, 0.25) is 0 Å². The van der Waals surface area contributed by atoms with Gasteiger partial charge >= 0.3 is 5.97 Å². The monoisotopic (exact) mass is 287 g/mol. The number of carboxylic acids is 1. The van der Waals surface area contributed by atoms with Crippen LogP contribution in [0.4, 0.5) is 11.6 Å². The molecule has 110 valence electrons. The first kappa shape index (κ1) is 14.7. The molecule has 0 aliphatic carbocycles. The molecule has 0 aliphatic rings. The largest absolute Gasteiger partial charge is 0.481 e. The minimum absolute atomic E-state index is 0.0280. The third kappa shape index (κ3) is 4.13. The molecule has 0 aliphatic heterocycles. The van der Waals surface area contributed by atoms with Gasteiger partial charge < -0.3 is 15.3 Å². The summed E-state index contributed by atoms with van der Waals surface area (Å²) in [5, 5.41) is 11.7. The van der Waals surface area contributed by atoms with Gasteiger partial charge in [0, 0.05) is 32.9 Å². The van der Waals surface area contributed by atoms with Gasteiger partial charge in [0.1, 0.15) is 17.3 Å². The molecule has 0 saturated heterocycles. The van der Waals surface area contributed by atoms with E-state index in [1.807, 2.05) is 37.2 Å². The van der Waals surface area contributed by atoms with E-state index in [0.29, 0.717) is 23.9 Å². The smallest absolute Gasteiger partial charge is 0.305 e. The van der Waals surface area contributed by atoms with Crippen molar-refractivity contribution in [2.45, 2.75) is 6.42 Å². The second kappa shape index (κ2) is 6.65. The Morgan fingerprint density at radius 1 is 1.33 bits per heavy atom. The van der Waals surface area contributed by atoms with Gasteiger partial charge in [-0.15, -0.1) is 0 Å². The van der Waals surface area contributed by atoms with Crippen LogP contribution in [0.1, 0.15) is 6.42 Å². The zero-order valence-electron chi connectivity index (χ0n) is 11.9. The van der Waals surface area contributed by atoms with Gasteiger partial charge in [-0.25, -0.2) is 9.97 Å². The lowest BCUT2D eigenvalue weighted by Crippen LogP contribution is -2.14. The Morgan fingerprint density at radius 3 is 2.76 bits per heavy atom. The van der Waals surface area contributed by atoms with E-state index in [4.69, 9.17) is 5.11 Å². The Hall–Kier alpha value is -2.70. The van der Waals surface area contributed by atoms with Crippen LogP contribution in [0.5, 0.6) is 0 Å². The topological polar surface area (TPSA) is 91.2 Å². The van der Waals surface area contributed by atoms with Gasteiger partial charge in [-0.3, -0.25) is 9.78 Å². The Labute approximate surface area is 122 Å². The number of pyridine rings is 1. The minimum atomic E-state index is -0.852. The van der Waals surface area contributed by atoms with Crippen molar-refractivity contribution < 1.29 is 9.90 Å². The molecule has 0 saturated carbocycles. The SMILES string of the molecule is CN(C)c1cc(NCCC(=O)O)nc(-c2ccccn2)n1. The fourth-order valence-corrected chi connectivity index (χ4v) is 1.66. The fourth-order valence-electron chi connectivity index (χ4n) is 1.66. The molecule has 2 heterocycles. The molecular weight excluding hydrogens is 270 g/mol. The van der Waals surface area contributed by atoms with Gasteiger partial charge in [0.2, 0.25) is 0 Å². The van der Waals surface area contributed by atoms with Gasteiger partial charge in [0.25, 0.3) is 0 Å². The second-order valence-corrected chi connectivity index (χ2v) is 4.61. The molecule has 21 heavy (non-hydrogen) atoms. The van der Waals surface area contributed by atoms with Gasteiger partial charge in [0.15, 0.2) is 5.82 Å². The summed E-state index contributed by atoms with van der Waals surface area (Å²) in [5.74, 6) is 0.952. The standard InChI is InChI=1S/C14H17N5O2/c1-19(2)12-9-11(16-8-6-13(20)21)17-14(18-12)10-5-3-4-7-15-10/h3-5,7,9H,6,8H2,1-2H3,(H,20,21)(H,16,17,18). The van der Waals surface area contributed by atoms with Crippen LogP contribution in [0.25, 0.3) is 11.5 Å². The Morgan fingerprint density at radius 2 is 2.14 bits per heavy atom. The third-order valence-corrected chi connectivity index (χ3v) is 2.71. The maximum absolute atomic E-state index is 10.6. The van der Waals surface area contributed by atoms with E-state index >= 15 is 0 Å². The van der Waals surface area contributed by atoms with Crippen molar-refractivity contribution in [3.05, 3.63) is 30.5 Å². The lowest BCUT2D eigenvalue weighted by Gasteiger charge is -2.14. The molecule has 7 nitrogen and oxygen atoms in total. The van der Waals surface area contributed by atoms with Crippen molar-refractivity contribution in [3.63, 3.8) is 0 Å². The van der Waals surface area contributed by atoms with E-state index in [0.717, 1.165) is 5.82 Å². The Bertz CT molecular complexity index is 616. The lowest BCUT2D eigenvalue weighted by molar-refractivity contribution is -0.136. The normalized spacial score (nSPS) is 10.2. The lowest BCUT2D eigenvalue weighted by atomic mass is 10.3. The maximum atomic E-state index is 10.6. The number of rotatable bonds is 6. The van der Waals surface area contributed by atoms with Crippen LogP contribution < -0.4 is 10.2 Å². The molecule has 7 heteroatoms. The quantitative estimate of drug-likeness (QED) is 0.831. The zero-order valence-corrected chi connectivity index (χ0v) is 11.9. The molecule has 2 aromatic rings. The molecule has 0 unspecified atom stereocenters. The Kier molecular flexibility index (Phi) is 4.65. The zero-order chi connectivity index (χ0) is 15.2. The van der Waals surface area contributed by atoms with E-state index in [2.05, 4.69) is 20.3 Å². The molecule has 0 bridgehead atoms. The highest BCUT2D eigenvalue weighted by molar-refractivity contribution is 5.67. The van der Waals surface area contributed by atoms with Crippen LogP contribution >= 0.6 is 0 Å². The number of carbonyl (C=O) groups is 1. The average molecular weight is 287 g/mol. The third-order valence-electron chi connectivity index (χ3n) is 2.71. The number of nitrogens with one attached hydrogen (secondary N) is 1. The van der Waals surface area contributed by atoms with Gasteiger partial charge in [0.05, 0.1) is 6.42 Å². The summed E-state index contributed by atoms with van der Waals surface area (Å²) < 4.78 is 0. The molecular formula is C14H17N5O2. The van der Waals surface area contributed by atoms with E-state index in [1.54, 1.807) is 12.3 Å². The molecule has 0 spiro atoms. The highest BCUT2D eigenvalue weighted by Gasteiger charge is 2.09. The van der Waals surface area contributed by atoms with Crippen LogP contribution in [0.3, 0.4) is 0 Å². The average Bonchev–Trinajstić information content (AvgIpc) is 2.47.